The van der Waals surface area contributed by atoms with Gasteiger partial charge in [0.2, 0.25) is 12.3 Å². The van der Waals surface area contributed by atoms with E-state index in [1.54, 1.807) is 9.80 Å². The molecule has 2 amide bonds. The summed E-state index contributed by atoms with van der Waals surface area (Å²) < 4.78 is 0. The topological polar surface area (TPSA) is 93.1 Å². The summed E-state index contributed by atoms with van der Waals surface area (Å²) in [6, 6.07) is 14.4. The molecule has 156 valence electrons. The van der Waals surface area contributed by atoms with Crippen LogP contribution in [0.2, 0.25) is 0 Å². The van der Waals surface area contributed by atoms with E-state index in [-0.39, 0.29) is 17.9 Å². The van der Waals surface area contributed by atoms with Gasteiger partial charge in [-0.3, -0.25) is 14.5 Å². The van der Waals surface area contributed by atoms with Crippen LogP contribution in [0.5, 0.6) is 0 Å². The molecule has 1 saturated heterocycles. The van der Waals surface area contributed by atoms with E-state index in [1.165, 1.54) is 0 Å². The summed E-state index contributed by atoms with van der Waals surface area (Å²) in [5.41, 5.74) is 3.71. The van der Waals surface area contributed by atoms with E-state index in [9.17, 15) is 9.59 Å². The first-order chi connectivity index (χ1) is 15.2. The third-order valence-electron chi connectivity index (χ3n) is 6.18. The molecule has 1 atom stereocenters. The number of likely N-dealkylation sites (tertiary alicyclic amines) is 1. The molecule has 1 aliphatic heterocycles. The Labute approximate surface area is 180 Å². The van der Waals surface area contributed by atoms with Crippen molar-refractivity contribution in [1.82, 2.24) is 14.9 Å². The highest BCUT2D eigenvalue weighted by molar-refractivity contribution is 5.96. The fourth-order valence-electron chi connectivity index (χ4n) is 4.26. The van der Waals surface area contributed by atoms with Gasteiger partial charge in [0.15, 0.2) is 0 Å². The normalized spacial score (nSPS) is 18.2. The van der Waals surface area contributed by atoms with Gasteiger partial charge in [-0.05, 0) is 48.1 Å². The summed E-state index contributed by atoms with van der Waals surface area (Å²) in [6.07, 6.45) is 5.82. The zero-order valence-corrected chi connectivity index (χ0v) is 17.1. The Morgan fingerprint density at radius 1 is 1.26 bits per heavy atom. The molecule has 1 N–H and O–H groups in total. The zero-order chi connectivity index (χ0) is 21.4. The lowest BCUT2D eigenvalue weighted by molar-refractivity contribution is -0.129. The predicted octanol–water partition coefficient (Wildman–Crippen LogP) is 3.27. The third-order valence-corrected chi connectivity index (χ3v) is 6.18. The number of carbonyl (C=O) groups excluding carboxylic acids is 2. The molecule has 2 fully saturated rings. The van der Waals surface area contributed by atoms with Crippen molar-refractivity contribution in [2.45, 2.75) is 31.7 Å². The first kappa shape index (κ1) is 19.3. The number of fused-ring (bicyclic) bond motifs is 1. The Bertz CT molecular complexity index is 1170. The lowest BCUT2D eigenvalue weighted by Crippen LogP contribution is -2.29. The van der Waals surface area contributed by atoms with Crippen molar-refractivity contribution in [3.8, 4) is 17.2 Å². The van der Waals surface area contributed by atoms with Crippen molar-refractivity contribution >= 4 is 29.2 Å². The molecule has 2 aromatic heterocycles. The molecule has 3 aromatic rings. The van der Waals surface area contributed by atoms with Crippen molar-refractivity contribution < 1.29 is 9.59 Å². The quantitative estimate of drug-likeness (QED) is 0.628. The minimum atomic E-state index is -0.0439. The number of nitriles is 1. The first-order valence-electron chi connectivity index (χ1n) is 10.6. The summed E-state index contributed by atoms with van der Waals surface area (Å²) in [7, 11) is 0. The van der Waals surface area contributed by atoms with Crippen LogP contribution in [0.3, 0.4) is 0 Å². The summed E-state index contributed by atoms with van der Waals surface area (Å²) in [5, 5.41) is 10.0. The highest BCUT2D eigenvalue weighted by atomic mass is 16.2. The van der Waals surface area contributed by atoms with E-state index in [0.29, 0.717) is 25.3 Å². The molecule has 1 aromatic carbocycles. The highest BCUT2D eigenvalue weighted by Crippen LogP contribution is 2.35. The molecule has 0 spiro atoms. The van der Waals surface area contributed by atoms with Crippen LogP contribution < -0.4 is 4.90 Å². The van der Waals surface area contributed by atoms with Crippen molar-refractivity contribution in [3.05, 3.63) is 48.2 Å². The molecule has 3 heterocycles. The number of hydrogen-bond donors (Lipinski definition) is 1. The van der Waals surface area contributed by atoms with Crippen LogP contribution in [-0.4, -0.2) is 46.3 Å². The molecule has 2 aliphatic rings. The van der Waals surface area contributed by atoms with Crippen molar-refractivity contribution in [3.63, 3.8) is 0 Å². The van der Waals surface area contributed by atoms with Crippen LogP contribution in [0, 0.1) is 17.2 Å². The Morgan fingerprint density at radius 3 is 2.74 bits per heavy atom. The van der Waals surface area contributed by atoms with Gasteiger partial charge in [0.25, 0.3) is 0 Å². The van der Waals surface area contributed by atoms with E-state index >= 15 is 0 Å². The molecular formula is C24H23N5O2. The first-order valence-corrected chi connectivity index (χ1v) is 10.6. The third kappa shape index (κ3) is 3.77. The fraction of sp³-hybridized carbons (Fsp3) is 0.333. The van der Waals surface area contributed by atoms with E-state index in [0.717, 1.165) is 53.4 Å². The second kappa shape index (κ2) is 7.88. The van der Waals surface area contributed by atoms with E-state index in [4.69, 9.17) is 5.26 Å². The lowest BCUT2D eigenvalue weighted by Gasteiger charge is -2.17. The van der Waals surface area contributed by atoms with Crippen LogP contribution in [0.4, 0.5) is 5.82 Å². The number of aromatic nitrogens is 2. The maximum absolute atomic E-state index is 12.6. The van der Waals surface area contributed by atoms with Crippen LogP contribution in [0.1, 0.15) is 24.8 Å². The van der Waals surface area contributed by atoms with E-state index < -0.39 is 0 Å². The van der Waals surface area contributed by atoms with Crippen molar-refractivity contribution in [1.29, 1.82) is 5.26 Å². The van der Waals surface area contributed by atoms with E-state index in [2.05, 4.69) is 16.0 Å². The average Bonchev–Trinajstić information content (AvgIpc) is 3.31. The van der Waals surface area contributed by atoms with Gasteiger partial charge in [-0.2, -0.15) is 5.26 Å². The predicted molar refractivity (Wildman–Crippen MR) is 117 cm³/mol. The number of benzene rings is 1. The maximum atomic E-state index is 12.6. The molecule has 31 heavy (non-hydrogen) atoms. The Hall–Kier alpha value is -3.66. The van der Waals surface area contributed by atoms with Crippen molar-refractivity contribution in [2.24, 2.45) is 5.92 Å². The number of hydrogen-bond acceptors (Lipinski definition) is 4. The Balaban J connectivity index is 1.39. The molecule has 1 aliphatic carbocycles. The standard InChI is InChI=1S/C24H23N5O2/c25-13-17-8-10-28(14-17)23(31)11-16-1-3-18(4-2-16)21-12-22(29(15-30)19-5-6-19)27-24-20(21)7-9-26-24/h1-4,7,9,12,15,17,19H,5-6,8,10-11,14H2,(H,26,27). The number of rotatable bonds is 6. The number of anilines is 1. The van der Waals surface area contributed by atoms with Gasteiger partial charge in [-0.15, -0.1) is 0 Å². The minimum absolute atomic E-state index is 0.0439. The largest absolute Gasteiger partial charge is 0.346 e. The van der Waals surface area contributed by atoms with Crippen LogP contribution in [0.15, 0.2) is 42.6 Å². The number of nitrogens with zero attached hydrogens (tertiary/aromatic N) is 4. The molecular weight excluding hydrogens is 390 g/mol. The molecule has 1 unspecified atom stereocenters. The van der Waals surface area contributed by atoms with Gasteiger partial charge >= 0.3 is 0 Å². The summed E-state index contributed by atoms with van der Waals surface area (Å²) in [4.78, 5) is 35.5. The zero-order valence-electron chi connectivity index (χ0n) is 17.1. The summed E-state index contributed by atoms with van der Waals surface area (Å²) in [5.74, 6) is 0.677. The number of nitrogens with one attached hydrogen (secondary N) is 1. The van der Waals surface area contributed by atoms with Gasteiger partial charge in [0.05, 0.1) is 18.4 Å². The van der Waals surface area contributed by atoms with Crippen LogP contribution >= 0.6 is 0 Å². The van der Waals surface area contributed by atoms with Gasteiger partial charge in [0.1, 0.15) is 11.5 Å². The van der Waals surface area contributed by atoms with E-state index in [1.807, 2.05) is 42.6 Å². The molecule has 5 rings (SSSR count). The number of amides is 2. The highest BCUT2D eigenvalue weighted by Gasteiger charge is 2.30. The minimum Gasteiger partial charge on any atom is -0.346 e. The number of carbonyl (C=O) groups is 2. The maximum Gasteiger partial charge on any atom is 0.227 e. The number of H-pyrrole nitrogens is 1. The smallest absolute Gasteiger partial charge is 0.227 e. The van der Waals surface area contributed by atoms with Gasteiger partial charge in [0, 0.05) is 30.7 Å². The number of pyridine rings is 1. The second-order valence-electron chi connectivity index (χ2n) is 8.34. The number of aromatic amines is 1. The molecule has 7 heteroatoms. The Morgan fingerprint density at radius 2 is 2.06 bits per heavy atom. The van der Waals surface area contributed by atoms with Crippen molar-refractivity contribution in [2.75, 3.05) is 18.0 Å². The monoisotopic (exact) mass is 413 g/mol. The second-order valence-corrected chi connectivity index (χ2v) is 8.34. The summed E-state index contributed by atoms with van der Waals surface area (Å²) in [6.45, 7) is 1.20. The Kier molecular flexibility index (Phi) is 4.91. The lowest BCUT2D eigenvalue weighted by atomic mass is 10.0. The fourth-order valence-corrected chi connectivity index (χ4v) is 4.26. The van der Waals surface area contributed by atoms with Crippen LogP contribution in [-0.2, 0) is 16.0 Å². The molecule has 1 saturated carbocycles. The average molecular weight is 413 g/mol. The SMILES string of the molecule is N#CC1CCN(C(=O)Cc2ccc(-c3cc(N(C=O)C4CC4)nc4[nH]ccc34)cc2)C1. The van der Waals surface area contributed by atoms with Gasteiger partial charge < -0.3 is 9.88 Å². The summed E-state index contributed by atoms with van der Waals surface area (Å²) >= 11 is 0. The van der Waals surface area contributed by atoms with Crippen LogP contribution in [0.25, 0.3) is 22.2 Å². The molecule has 0 radical (unpaired) electrons. The van der Waals surface area contributed by atoms with Gasteiger partial charge in [-0.1, -0.05) is 24.3 Å². The molecule has 7 nitrogen and oxygen atoms in total. The molecule has 0 bridgehead atoms. The van der Waals surface area contributed by atoms with Gasteiger partial charge in [-0.25, -0.2) is 4.98 Å².